The van der Waals surface area contributed by atoms with Gasteiger partial charge in [0.1, 0.15) is 0 Å². The zero-order valence-corrected chi connectivity index (χ0v) is 13.6. The minimum Gasteiger partial charge on any atom is -0.368 e. The lowest BCUT2D eigenvalue weighted by atomic mass is 9.73. The second-order valence-corrected chi connectivity index (χ2v) is 5.67. The summed E-state index contributed by atoms with van der Waals surface area (Å²) in [7, 11) is 0. The van der Waals surface area contributed by atoms with Crippen molar-refractivity contribution in [3.63, 3.8) is 0 Å². The van der Waals surface area contributed by atoms with E-state index in [9.17, 15) is 9.59 Å². The molecule has 0 radical (unpaired) electrons. The predicted molar refractivity (Wildman–Crippen MR) is 97.9 cm³/mol. The van der Waals surface area contributed by atoms with E-state index < -0.39 is 17.2 Å². The number of nitrogens with two attached hydrogens (primary N) is 1. The number of hydrogen-bond acceptors (Lipinski definition) is 2. The van der Waals surface area contributed by atoms with Crippen LogP contribution in [-0.4, -0.2) is 11.8 Å². The molecule has 3 aromatic rings. The van der Waals surface area contributed by atoms with Gasteiger partial charge in [-0.05, 0) is 23.3 Å². The van der Waals surface area contributed by atoms with Crippen molar-refractivity contribution in [2.75, 3.05) is 5.32 Å². The molecule has 0 unspecified atom stereocenters. The smallest absolute Gasteiger partial charge is 0.249 e. The van der Waals surface area contributed by atoms with Crippen molar-refractivity contribution >= 4 is 17.5 Å². The molecule has 124 valence electrons. The molecular weight excluding hydrogens is 312 g/mol. The van der Waals surface area contributed by atoms with Crippen molar-refractivity contribution in [1.29, 1.82) is 0 Å². The van der Waals surface area contributed by atoms with Crippen LogP contribution in [-0.2, 0) is 15.0 Å². The van der Waals surface area contributed by atoms with Gasteiger partial charge in [0.25, 0.3) is 0 Å². The van der Waals surface area contributed by atoms with Gasteiger partial charge in [0.2, 0.25) is 11.8 Å². The van der Waals surface area contributed by atoms with Crippen LogP contribution in [0.1, 0.15) is 11.1 Å². The molecule has 25 heavy (non-hydrogen) atoms. The average Bonchev–Trinajstić information content (AvgIpc) is 2.65. The topological polar surface area (TPSA) is 72.2 Å². The van der Waals surface area contributed by atoms with E-state index in [1.807, 2.05) is 30.3 Å². The van der Waals surface area contributed by atoms with E-state index in [0.717, 1.165) is 0 Å². The Morgan fingerprint density at radius 3 is 1.48 bits per heavy atom. The molecule has 0 fully saturated rings. The van der Waals surface area contributed by atoms with Gasteiger partial charge < -0.3 is 11.1 Å². The number of nitrogens with one attached hydrogen (secondary N) is 1. The normalized spacial score (nSPS) is 10.9. The number of carbonyl (C=O) groups is 2. The largest absolute Gasteiger partial charge is 0.368 e. The Hall–Kier alpha value is -3.40. The van der Waals surface area contributed by atoms with Crippen LogP contribution in [0.5, 0.6) is 0 Å². The molecule has 0 aromatic heterocycles. The fraction of sp³-hybridized carbons (Fsp3) is 0.0476. The SMILES string of the molecule is NC(=O)C(C(=O)Nc1ccccc1)(c1ccccc1)c1ccccc1. The van der Waals surface area contributed by atoms with Gasteiger partial charge in [-0.1, -0.05) is 78.9 Å². The minimum absolute atomic E-state index is 0.483. The molecule has 0 aliphatic carbocycles. The highest BCUT2D eigenvalue weighted by Gasteiger charge is 2.47. The summed E-state index contributed by atoms with van der Waals surface area (Å²) in [6.45, 7) is 0. The van der Waals surface area contributed by atoms with Crippen LogP contribution in [0.3, 0.4) is 0 Å². The van der Waals surface area contributed by atoms with Gasteiger partial charge in [0.15, 0.2) is 5.41 Å². The van der Waals surface area contributed by atoms with Gasteiger partial charge in [-0.25, -0.2) is 0 Å². The van der Waals surface area contributed by atoms with E-state index in [0.29, 0.717) is 16.8 Å². The van der Waals surface area contributed by atoms with Crippen molar-refractivity contribution < 1.29 is 9.59 Å². The van der Waals surface area contributed by atoms with Crippen molar-refractivity contribution in [2.24, 2.45) is 5.73 Å². The van der Waals surface area contributed by atoms with Crippen LogP contribution < -0.4 is 11.1 Å². The maximum atomic E-state index is 13.3. The summed E-state index contributed by atoms with van der Waals surface area (Å²) in [6.07, 6.45) is 0. The summed E-state index contributed by atoms with van der Waals surface area (Å²) in [5, 5.41) is 2.82. The molecule has 3 N–H and O–H groups in total. The van der Waals surface area contributed by atoms with Gasteiger partial charge in [-0.3, -0.25) is 9.59 Å². The quantitative estimate of drug-likeness (QED) is 0.706. The maximum absolute atomic E-state index is 13.3. The van der Waals surface area contributed by atoms with Gasteiger partial charge in [0.05, 0.1) is 0 Å². The van der Waals surface area contributed by atoms with Crippen molar-refractivity contribution in [3.8, 4) is 0 Å². The Kier molecular flexibility index (Phi) is 4.61. The van der Waals surface area contributed by atoms with Crippen molar-refractivity contribution in [1.82, 2.24) is 0 Å². The molecule has 0 bridgehead atoms. The number of carbonyl (C=O) groups excluding carboxylic acids is 2. The number of amides is 2. The van der Waals surface area contributed by atoms with Crippen LogP contribution in [0, 0.1) is 0 Å². The van der Waals surface area contributed by atoms with Crippen LogP contribution in [0.25, 0.3) is 0 Å². The zero-order valence-electron chi connectivity index (χ0n) is 13.6. The molecule has 0 spiro atoms. The number of primary amides is 1. The van der Waals surface area contributed by atoms with Gasteiger partial charge >= 0.3 is 0 Å². The first-order valence-corrected chi connectivity index (χ1v) is 7.93. The molecule has 3 aromatic carbocycles. The third-order valence-corrected chi connectivity index (χ3v) is 4.16. The Balaban J connectivity index is 2.17. The highest BCUT2D eigenvalue weighted by Crippen LogP contribution is 2.33. The van der Waals surface area contributed by atoms with Crippen LogP contribution in [0.4, 0.5) is 5.69 Å². The van der Waals surface area contributed by atoms with E-state index in [4.69, 9.17) is 5.73 Å². The van der Waals surface area contributed by atoms with Crippen molar-refractivity contribution in [2.45, 2.75) is 5.41 Å². The lowest BCUT2D eigenvalue weighted by Gasteiger charge is -2.30. The van der Waals surface area contributed by atoms with E-state index in [1.165, 1.54) is 0 Å². The second-order valence-electron chi connectivity index (χ2n) is 5.67. The number of para-hydroxylation sites is 1. The fourth-order valence-electron chi connectivity index (χ4n) is 2.95. The minimum atomic E-state index is -1.61. The maximum Gasteiger partial charge on any atom is 0.249 e. The Morgan fingerprint density at radius 1 is 0.680 bits per heavy atom. The third-order valence-electron chi connectivity index (χ3n) is 4.16. The third kappa shape index (κ3) is 3.02. The molecule has 4 nitrogen and oxygen atoms in total. The monoisotopic (exact) mass is 330 g/mol. The van der Waals surface area contributed by atoms with E-state index in [1.54, 1.807) is 60.7 Å². The summed E-state index contributed by atoms with van der Waals surface area (Å²) >= 11 is 0. The summed E-state index contributed by atoms with van der Waals surface area (Å²) in [5.74, 6) is -1.21. The van der Waals surface area contributed by atoms with Crippen LogP contribution in [0.2, 0.25) is 0 Å². The predicted octanol–water partition coefficient (Wildman–Crippen LogP) is 3.10. The number of hydrogen-bond donors (Lipinski definition) is 2. The van der Waals surface area contributed by atoms with E-state index in [2.05, 4.69) is 5.32 Å². The molecular formula is C21H18N2O2. The summed E-state index contributed by atoms with van der Waals surface area (Å²) < 4.78 is 0. The molecule has 0 heterocycles. The first-order valence-electron chi connectivity index (χ1n) is 7.93. The molecule has 0 aliphatic rings. The summed E-state index contributed by atoms with van der Waals surface area (Å²) in [5.41, 5.74) is 5.84. The van der Waals surface area contributed by atoms with Crippen LogP contribution in [0.15, 0.2) is 91.0 Å². The van der Waals surface area contributed by atoms with Gasteiger partial charge in [0, 0.05) is 5.69 Å². The molecule has 2 amide bonds. The highest BCUT2D eigenvalue weighted by molar-refractivity contribution is 6.18. The fourth-order valence-corrected chi connectivity index (χ4v) is 2.95. The molecule has 3 rings (SSSR count). The number of rotatable bonds is 5. The van der Waals surface area contributed by atoms with Gasteiger partial charge in [-0.15, -0.1) is 0 Å². The Morgan fingerprint density at radius 2 is 1.08 bits per heavy atom. The Bertz CT molecular complexity index is 823. The first-order chi connectivity index (χ1) is 12.2. The Labute approximate surface area is 146 Å². The zero-order chi connectivity index (χ0) is 17.7. The standard InChI is InChI=1S/C21H18N2O2/c22-19(24)21(16-10-4-1-5-11-16,17-12-6-2-7-13-17)20(25)23-18-14-8-3-9-15-18/h1-15H,(H2,22,24)(H,23,25). The van der Waals surface area contributed by atoms with Crippen molar-refractivity contribution in [3.05, 3.63) is 102 Å². The molecule has 0 saturated carbocycles. The lowest BCUT2D eigenvalue weighted by molar-refractivity contribution is -0.131. The number of benzene rings is 3. The number of anilines is 1. The molecule has 0 aliphatic heterocycles. The van der Waals surface area contributed by atoms with E-state index >= 15 is 0 Å². The molecule has 0 atom stereocenters. The van der Waals surface area contributed by atoms with E-state index in [-0.39, 0.29) is 0 Å². The molecule has 0 saturated heterocycles. The highest BCUT2D eigenvalue weighted by atomic mass is 16.2. The average molecular weight is 330 g/mol. The first kappa shape index (κ1) is 16.5. The summed E-state index contributed by atoms with van der Waals surface area (Å²) in [6, 6.07) is 26.7. The lowest BCUT2D eigenvalue weighted by Crippen LogP contribution is -2.51. The molecule has 4 heteroatoms. The van der Waals surface area contributed by atoms with Gasteiger partial charge in [-0.2, -0.15) is 0 Å². The summed E-state index contributed by atoms with van der Waals surface area (Å²) in [4.78, 5) is 25.9. The second kappa shape index (κ2) is 7.01. The van der Waals surface area contributed by atoms with Crippen LogP contribution >= 0.6 is 0 Å².